The van der Waals surface area contributed by atoms with E-state index < -0.39 is 41.8 Å². The third kappa shape index (κ3) is 8.40. The van der Waals surface area contributed by atoms with E-state index in [4.69, 9.17) is 17.2 Å². The van der Waals surface area contributed by atoms with Crippen LogP contribution in [-0.4, -0.2) is 77.4 Å². The van der Waals surface area contributed by atoms with Crippen LogP contribution in [0.4, 0.5) is 0 Å². The average molecular weight is 442 g/mol. The quantitative estimate of drug-likeness (QED) is 0.114. The molecule has 12 heteroatoms. The van der Waals surface area contributed by atoms with Crippen molar-refractivity contribution in [3.05, 3.63) is 0 Å². The third-order valence-electron chi connectivity index (χ3n) is 5.38. The topological polar surface area (TPSA) is 206 Å². The molecule has 4 unspecified atom stereocenters. The summed E-state index contributed by atoms with van der Waals surface area (Å²) in [5, 5.41) is 14.4. The highest BCUT2D eigenvalue weighted by Crippen LogP contribution is 2.19. The van der Waals surface area contributed by atoms with Gasteiger partial charge in [0.15, 0.2) is 5.96 Å². The van der Waals surface area contributed by atoms with Crippen molar-refractivity contribution >= 4 is 29.7 Å². The minimum atomic E-state index is -1.08. The first-order valence-electron chi connectivity index (χ1n) is 10.5. The van der Waals surface area contributed by atoms with Gasteiger partial charge in [-0.25, -0.2) is 4.79 Å². The molecule has 1 rings (SSSR count). The predicted molar refractivity (Wildman–Crippen MR) is 115 cm³/mol. The molecule has 3 amide bonds. The van der Waals surface area contributed by atoms with Gasteiger partial charge in [-0.2, -0.15) is 0 Å². The zero-order valence-corrected chi connectivity index (χ0v) is 18.2. The fourth-order valence-corrected chi connectivity index (χ4v) is 3.29. The summed E-state index contributed by atoms with van der Waals surface area (Å²) >= 11 is 0. The molecular formula is C19H35N7O5. The van der Waals surface area contributed by atoms with Crippen LogP contribution in [0, 0.1) is 5.92 Å². The van der Waals surface area contributed by atoms with E-state index in [0.29, 0.717) is 32.2 Å². The SMILES string of the molecule is CCC(C)C(N)C(=O)NCC(=O)NC(CCCN=C(N)N)C(=O)N1CCCC1C(=O)O. The molecule has 0 saturated carbocycles. The van der Waals surface area contributed by atoms with Crippen LogP contribution in [0.2, 0.25) is 0 Å². The van der Waals surface area contributed by atoms with Gasteiger partial charge in [-0.05, 0) is 31.6 Å². The molecule has 0 aromatic carbocycles. The summed E-state index contributed by atoms with van der Waals surface area (Å²) in [6.07, 6.45) is 2.25. The average Bonchev–Trinajstić information content (AvgIpc) is 3.22. The van der Waals surface area contributed by atoms with Crippen molar-refractivity contribution in [2.75, 3.05) is 19.6 Å². The van der Waals surface area contributed by atoms with Gasteiger partial charge in [0.25, 0.3) is 0 Å². The number of carboxylic acid groups (broad SMARTS) is 1. The van der Waals surface area contributed by atoms with Crippen molar-refractivity contribution in [3.8, 4) is 0 Å². The highest BCUT2D eigenvalue weighted by molar-refractivity contribution is 5.92. The Labute approximate surface area is 182 Å². The largest absolute Gasteiger partial charge is 0.480 e. The molecule has 31 heavy (non-hydrogen) atoms. The van der Waals surface area contributed by atoms with E-state index in [1.54, 1.807) is 0 Å². The molecule has 0 aliphatic carbocycles. The summed E-state index contributed by atoms with van der Waals surface area (Å²) in [6, 6.07) is -2.62. The molecule has 0 radical (unpaired) electrons. The standard InChI is InChI=1S/C19H35N7O5/c1-3-11(2)15(20)16(28)24-10-14(27)25-12(6-4-8-23-19(21)22)17(29)26-9-5-7-13(26)18(30)31/h11-13,15H,3-10,20H2,1-2H3,(H,24,28)(H,25,27)(H,30,31)(H4,21,22,23). The van der Waals surface area contributed by atoms with Gasteiger partial charge < -0.3 is 37.8 Å². The zero-order chi connectivity index (χ0) is 23.6. The van der Waals surface area contributed by atoms with Gasteiger partial charge in [0.2, 0.25) is 17.7 Å². The molecular weight excluding hydrogens is 406 g/mol. The first-order chi connectivity index (χ1) is 14.6. The van der Waals surface area contributed by atoms with Crippen LogP contribution < -0.4 is 27.8 Å². The Morgan fingerprint density at radius 2 is 1.94 bits per heavy atom. The van der Waals surface area contributed by atoms with E-state index in [2.05, 4.69) is 15.6 Å². The second-order valence-corrected chi connectivity index (χ2v) is 7.73. The fourth-order valence-electron chi connectivity index (χ4n) is 3.29. The van der Waals surface area contributed by atoms with Gasteiger partial charge in [0, 0.05) is 13.1 Å². The Hall–Kier alpha value is -2.89. The number of hydrogen-bond donors (Lipinski definition) is 6. The van der Waals surface area contributed by atoms with Gasteiger partial charge in [-0.3, -0.25) is 19.4 Å². The lowest BCUT2D eigenvalue weighted by Crippen LogP contribution is -2.54. The Kier molecular flexibility index (Phi) is 10.7. The van der Waals surface area contributed by atoms with Crippen LogP contribution in [0.5, 0.6) is 0 Å². The first-order valence-corrected chi connectivity index (χ1v) is 10.5. The van der Waals surface area contributed by atoms with E-state index in [1.807, 2.05) is 13.8 Å². The Morgan fingerprint density at radius 1 is 1.26 bits per heavy atom. The lowest BCUT2D eigenvalue weighted by Gasteiger charge is -2.27. The van der Waals surface area contributed by atoms with E-state index in [9.17, 15) is 24.3 Å². The van der Waals surface area contributed by atoms with Crippen LogP contribution >= 0.6 is 0 Å². The van der Waals surface area contributed by atoms with Crippen LogP contribution in [0.25, 0.3) is 0 Å². The van der Waals surface area contributed by atoms with Crippen molar-refractivity contribution in [1.29, 1.82) is 0 Å². The molecule has 0 aromatic heterocycles. The van der Waals surface area contributed by atoms with Crippen LogP contribution in [-0.2, 0) is 19.2 Å². The van der Waals surface area contributed by atoms with E-state index in [-0.39, 0.29) is 31.4 Å². The molecule has 1 aliphatic rings. The molecule has 9 N–H and O–H groups in total. The second-order valence-electron chi connectivity index (χ2n) is 7.73. The van der Waals surface area contributed by atoms with Crippen molar-refractivity contribution < 1.29 is 24.3 Å². The Bertz CT molecular complexity index is 681. The lowest BCUT2D eigenvalue weighted by molar-refractivity contribution is -0.149. The Balaban J connectivity index is 2.75. The van der Waals surface area contributed by atoms with Gasteiger partial charge >= 0.3 is 5.97 Å². The number of guanidine groups is 1. The van der Waals surface area contributed by atoms with Crippen LogP contribution in [0.15, 0.2) is 4.99 Å². The minimum Gasteiger partial charge on any atom is -0.480 e. The number of carbonyl (C=O) groups excluding carboxylic acids is 3. The smallest absolute Gasteiger partial charge is 0.326 e. The molecule has 12 nitrogen and oxygen atoms in total. The maximum absolute atomic E-state index is 13.0. The normalized spacial score (nSPS) is 18.5. The molecule has 4 atom stereocenters. The third-order valence-corrected chi connectivity index (χ3v) is 5.38. The number of nitrogens with zero attached hydrogens (tertiary/aromatic N) is 2. The predicted octanol–water partition coefficient (Wildman–Crippen LogP) is -1.91. The highest BCUT2D eigenvalue weighted by Gasteiger charge is 2.37. The highest BCUT2D eigenvalue weighted by atomic mass is 16.4. The molecule has 0 bridgehead atoms. The number of rotatable bonds is 12. The number of nitrogens with one attached hydrogen (secondary N) is 2. The summed E-state index contributed by atoms with van der Waals surface area (Å²) in [4.78, 5) is 54.0. The molecule has 1 heterocycles. The maximum atomic E-state index is 13.0. The number of aliphatic carboxylic acids is 1. The number of nitrogens with two attached hydrogens (primary N) is 3. The maximum Gasteiger partial charge on any atom is 0.326 e. The molecule has 1 saturated heterocycles. The number of aliphatic imine (C=N–C) groups is 1. The number of carbonyl (C=O) groups is 4. The monoisotopic (exact) mass is 441 g/mol. The van der Waals surface area contributed by atoms with Gasteiger partial charge in [0.05, 0.1) is 12.6 Å². The van der Waals surface area contributed by atoms with Crippen LogP contribution in [0.3, 0.4) is 0 Å². The van der Waals surface area contributed by atoms with Gasteiger partial charge in [-0.15, -0.1) is 0 Å². The number of likely N-dealkylation sites (tertiary alicyclic amines) is 1. The van der Waals surface area contributed by atoms with Crippen LogP contribution in [0.1, 0.15) is 46.0 Å². The summed E-state index contributed by atoms with van der Waals surface area (Å²) in [5.74, 6) is -2.72. The fraction of sp³-hybridized carbons (Fsp3) is 0.737. The van der Waals surface area contributed by atoms with E-state index in [1.165, 1.54) is 4.90 Å². The number of hydrogen-bond acceptors (Lipinski definition) is 6. The summed E-state index contributed by atoms with van der Waals surface area (Å²) < 4.78 is 0. The number of carboxylic acids is 1. The van der Waals surface area contributed by atoms with Gasteiger partial charge in [-0.1, -0.05) is 20.3 Å². The van der Waals surface area contributed by atoms with Crippen molar-refractivity contribution in [1.82, 2.24) is 15.5 Å². The van der Waals surface area contributed by atoms with Crippen molar-refractivity contribution in [2.24, 2.45) is 28.1 Å². The van der Waals surface area contributed by atoms with E-state index in [0.717, 1.165) is 0 Å². The summed E-state index contributed by atoms with van der Waals surface area (Å²) in [6.45, 7) is 3.96. The minimum absolute atomic E-state index is 0.0453. The first kappa shape index (κ1) is 26.1. The number of amides is 3. The molecule has 176 valence electrons. The zero-order valence-electron chi connectivity index (χ0n) is 18.2. The molecule has 1 fully saturated rings. The van der Waals surface area contributed by atoms with Crippen molar-refractivity contribution in [3.63, 3.8) is 0 Å². The molecule has 0 aromatic rings. The summed E-state index contributed by atoms with van der Waals surface area (Å²) in [7, 11) is 0. The van der Waals surface area contributed by atoms with Gasteiger partial charge in [0.1, 0.15) is 12.1 Å². The van der Waals surface area contributed by atoms with E-state index >= 15 is 0 Å². The molecule has 0 spiro atoms. The van der Waals surface area contributed by atoms with Crippen molar-refractivity contribution in [2.45, 2.75) is 64.1 Å². The molecule has 1 aliphatic heterocycles. The second kappa shape index (κ2) is 12.7. The Morgan fingerprint density at radius 3 is 2.52 bits per heavy atom. The lowest BCUT2D eigenvalue weighted by atomic mass is 9.99. The summed E-state index contributed by atoms with van der Waals surface area (Å²) in [5.41, 5.74) is 16.4.